The summed E-state index contributed by atoms with van der Waals surface area (Å²) in [6.07, 6.45) is 35.4. The van der Waals surface area contributed by atoms with E-state index in [1.807, 2.05) is 14.2 Å². The van der Waals surface area contributed by atoms with Crippen molar-refractivity contribution in [2.24, 2.45) is 0 Å². The van der Waals surface area contributed by atoms with E-state index >= 15 is 0 Å². The van der Waals surface area contributed by atoms with Crippen LogP contribution in [0, 0.1) is 0 Å². The van der Waals surface area contributed by atoms with Crippen molar-refractivity contribution in [1.82, 2.24) is 0 Å². The molecule has 0 N–H and O–H groups in total. The quantitative estimate of drug-likeness (QED) is 0.0753. The van der Waals surface area contributed by atoms with Crippen molar-refractivity contribution in [2.45, 2.75) is 186 Å². The molecule has 0 saturated heterocycles. The van der Waals surface area contributed by atoms with Gasteiger partial charge in [-0.1, -0.05) is 174 Å². The van der Waals surface area contributed by atoms with Crippen LogP contribution in [0.15, 0.2) is 0 Å². The van der Waals surface area contributed by atoms with Crippen molar-refractivity contribution < 1.29 is 8.85 Å². The molecule has 0 aliphatic rings. The Morgan fingerprint density at radius 1 is 0.324 bits per heavy atom. The highest BCUT2D eigenvalue weighted by Crippen LogP contribution is 2.25. The Hall–Kier alpha value is 0.137. The molecular formula is C31H66O2Si. The van der Waals surface area contributed by atoms with Gasteiger partial charge in [0.25, 0.3) is 0 Å². The van der Waals surface area contributed by atoms with E-state index in [2.05, 4.69) is 13.8 Å². The number of hydrogen-bond acceptors (Lipinski definition) is 2. The predicted molar refractivity (Wildman–Crippen MR) is 156 cm³/mol. The van der Waals surface area contributed by atoms with Crippen LogP contribution in [0.2, 0.25) is 12.1 Å². The molecule has 0 unspecified atom stereocenters. The van der Waals surface area contributed by atoms with Gasteiger partial charge in [0.15, 0.2) is 0 Å². The highest BCUT2D eigenvalue weighted by molar-refractivity contribution is 6.67. The summed E-state index contributed by atoms with van der Waals surface area (Å²) in [5.74, 6) is 0. The molecule has 34 heavy (non-hydrogen) atoms. The Balaban J connectivity index is 3.46. The van der Waals surface area contributed by atoms with Crippen molar-refractivity contribution in [3.05, 3.63) is 0 Å². The molecule has 2 nitrogen and oxygen atoms in total. The van der Waals surface area contributed by atoms with Gasteiger partial charge >= 0.3 is 8.56 Å². The van der Waals surface area contributed by atoms with E-state index in [9.17, 15) is 0 Å². The first kappa shape index (κ1) is 34.1. The summed E-state index contributed by atoms with van der Waals surface area (Å²) in [6, 6.07) is 2.38. The smallest absolute Gasteiger partial charge is 0.337 e. The second kappa shape index (κ2) is 27.7. The van der Waals surface area contributed by atoms with E-state index < -0.39 is 8.56 Å². The van der Waals surface area contributed by atoms with Gasteiger partial charge in [-0.3, -0.25) is 0 Å². The van der Waals surface area contributed by atoms with Gasteiger partial charge in [-0.15, -0.1) is 0 Å². The third-order valence-corrected chi connectivity index (χ3v) is 11.5. The lowest BCUT2D eigenvalue weighted by Crippen LogP contribution is -2.39. The molecule has 0 radical (unpaired) electrons. The summed E-state index contributed by atoms with van der Waals surface area (Å²) in [4.78, 5) is 0. The topological polar surface area (TPSA) is 18.5 Å². The van der Waals surface area contributed by atoms with Crippen molar-refractivity contribution >= 4 is 8.56 Å². The predicted octanol–water partition coefficient (Wildman–Crippen LogP) is 11.5. The van der Waals surface area contributed by atoms with E-state index in [4.69, 9.17) is 8.85 Å². The summed E-state index contributed by atoms with van der Waals surface area (Å²) >= 11 is 0. The van der Waals surface area contributed by atoms with E-state index in [0.29, 0.717) is 0 Å². The first-order valence-corrected chi connectivity index (χ1v) is 18.1. The summed E-state index contributed by atoms with van der Waals surface area (Å²) in [7, 11) is 1.86. The molecule has 0 fully saturated rings. The minimum atomic E-state index is -1.93. The average molecular weight is 499 g/mol. The van der Waals surface area contributed by atoms with Crippen LogP contribution in [0.5, 0.6) is 0 Å². The fraction of sp³-hybridized carbons (Fsp3) is 1.00. The fourth-order valence-electron chi connectivity index (χ4n) is 5.26. The molecule has 0 amide bonds. The van der Waals surface area contributed by atoms with Gasteiger partial charge in [0.2, 0.25) is 0 Å². The lowest BCUT2D eigenvalue weighted by molar-refractivity contribution is 0.238. The zero-order chi connectivity index (χ0) is 25.0. The SMILES string of the molecule is CCCCCCCCCCCCCCCCCCCC[Si](CCCCCCCCC)(OC)OC. The molecule has 0 aliphatic heterocycles. The molecule has 0 bridgehead atoms. The molecule has 206 valence electrons. The lowest BCUT2D eigenvalue weighted by atomic mass is 10.0. The van der Waals surface area contributed by atoms with Crippen LogP contribution in [0.1, 0.15) is 174 Å². The van der Waals surface area contributed by atoms with Crippen molar-refractivity contribution in [3.63, 3.8) is 0 Å². The van der Waals surface area contributed by atoms with Gasteiger partial charge in [0, 0.05) is 14.2 Å². The molecule has 0 spiro atoms. The number of hydrogen-bond donors (Lipinski definition) is 0. The van der Waals surface area contributed by atoms with Crippen molar-refractivity contribution in [2.75, 3.05) is 14.2 Å². The number of unbranched alkanes of at least 4 members (excludes halogenated alkanes) is 23. The molecule has 0 aromatic heterocycles. The summed E-state index contributed by atoms with van der Waals surface area (Å²) in [6.45, 7) is 4.59. The van der Waals surface area contributed by atoms with Crippen molar-refractivity contribution in [1.29, 1.82) is 0 Å². The van der Waals surface area contributed by atoms with Crippen LogP contribution < -0.4 is 0 Å². The molecule has 3 heteroatoms. The first-order chi connectivity index (χ1) is 16.7. The highest BCUT2D eigenvalue weighted by atomic mass is 28.4. The van der Waals surface area contributed by atoms with Gasteiger partial charge < -0.3 is 8.85 Å². The van der Waals surface area contributed by atoms with Crippen LogP contribution >= 0.6 is 0 Å². The Labute approximate surface area is 218 Å². The Kier molecular flexibility index (Phi) is 27.8. The minimum absolute atomic E-state index is 1.19. The molecule has 0 rings (SSSR count). The van der Waals surface area contributed by atoms with Gasteiger partial charge in [-0.25, -0.2) is 0 Å². The maximum atomic E-state index is 5.98. The maximum absolute atomic E-state index is 5.98. The Morgan fingerprint density at radius 2 is 0.529 bits per heavy atom. The van der Waals surface area contributed by atoms with E-state index in [1.54, 1.807) is 0 Å². The van der Waals surface area contributed by atoms with E-state index in [1.165, 1.54) is 173 Å². The van der Waals surface area contributed by atoms with Gasteiger partial charge in [0.05, 0.1) is 0 Å². The minimum Gasteiger partial charge on any atom is -0.398 e. The maximum Gasteiger partial charge on any atom is 0.337 e. The van der Waals surface area contributed by atoms with Gasteiger partial charge in [-0.05, 0) is 12.1 Å². The van der Waals surface area contributed by atoms with Crippen LogP contribution in [-0.2, 0) is 8.85 Å². The molecule has 0 atom stereocenters. The zero-order valence-electron chi connectivity index (χ0n) is 24.4. The Bertz CT molecular complexity index is 370. The van der Waals surface area contributed by atoms with Crippen LogP contribution in [-0.4, -0.2) is 22.8 Å². The largest absolute Gasteiger partial charge is 0.398 e. The second-order valence-corrected chi connectivity index (χ2v) is 14.6. The fourth-order valence-corrected chi connectivity index (χ4v) is 8.07. The average Bonchev–Trinajstić information content (AvgIpc) is 2.86. The Morgan fingerprint density at radius 3 is 0.735 bits per heavy atom. The molecular weight excluding hydrogens is 432 g/mol. The first-order valence-electron chi connectivity index (χ1n) is 15.8. The lowest BCUT2D eigenvalue weighted by Gasteiger charge is -2.27. The normalized spacial score (nSPS) is 12.0. The molecule has 0 aliphatic carbocycles. The third kappa shape index (κ3) is 22.6. The van der Waals surface area contributed by atoms with Crippen LogP contribution in [0.25, 0.3) is 0 Å². The molecule has 0 heterocycles. The standard InChI is InChI=1S/C31H66O2Si/c1-5-7-9-11-13-14-15-16-17-18-19-20-21-22-23-25-27-29-31-34(32-3,33-4)30-28-26-24-12-10-8-6-2/h5-31H2,1-4H3. The highest BCUT2D eigenvalue weighted by Gasteiger charge is 2.33. The summed E-state index contributed by atoms with van der Waals surface area (Å²) in [5, 5.41) is 0. The summed E-state index contributed by atoms with van der Waals surface area (Å²) < 4.78 is 12.0. The second-order valence-electron chi connectivity index (χ2n) is 11.0. The van der Waals surface area contributed by atoms with Crippen molar-refractivity contribution in [3.8, 4) is 0 Å². The number of rotatable bonds is 29. The third-order valence-electron chi connectivity index (χ3n) is 7.82. The molecule has 0 aromatic carbocycles. The van der Waals surface area contributed by atoms with E-state index in [-0.39, 0.29) is 0 Å². The van der Waals surface area contributed by atoms with Crippen LogP contribution in [0.3, 0.4) is 0 Å². The molecule has 0 saturated carbocycles. The molecule has 0 aromatic rings. The van der Waals surface area contributed by atoms with Gasteiger partial charge in [0.1, 0.15) is 0 Å². The van der Waals surface area contributed by atoms with Gasteiger partial charge in [-0.2, -0.15) is 0 Å². The summed E-state index contributed by atoms with van der Waals surface area (Å²) in [5.41, 5.74) is 0. The van der Waals surface area contributed by atoms with Crippen LogP contribution in [0.4, 0.5) is 0 Å². The zero-order valence-corrected chi connectivity index (χ0v) is 25.4. The monoisotopic (exact) mass is 498 g/mol. The van der Waals surface area contributed by atoms with E-state index in [0.717, 1.165) is 0 Å².